The highest BCUT2D eigenvalue weighted by Gasteiger charge is 2.14. The molecule has 0 aliphatic rings. The van der Waals surface area contributed by atoms with Crippen LogP contribution in [0.5, 0.6) is 0 Å². The van der Waals surface area contributed by atoms with E-state index < -0.39 is 0 Å². The second-order valence-corrected chi connectivity index (χ2v) is 5.60. The van der Waals surface area contributed by atoms with Crippen molar-refractivity contribution in [3.8, 4) is 0 Å². The Morgan fingerprint density at radius 3 is 2.70 bits per heavy atom. The van der Waals surface area contributed by atoms with Crippen LogP contribution >= 0.6 is 15.9 Å². The van der Waals surface area contributed by atoms with Gasteiger partial charge < -0.3 is 4.90 Å². The summed E-state index contributed by atoms with van der Waals surface area (Å²) >= 11 is 3.47. The fourth-order valence-corrected chi connectivity index (χ4v) is 2.54. The largest absolute Gasteiger partial charge is 0.353 e. The van der Waals surface area contributed by atoms with Gasteiger partial charge in [-0.1, -0.05) is 30.3 Å². The summed E-state index contributed by atoms with van der Waals surface area (Å²) in [6.45, 7) is 2.17. The zero-order chi connectivity index (χ0) is 14.1. The zero-order valence-electron chi connectivity index (χ0n) is 11.4. The van der Waals surface area contributed by atoms with Gasteiger partial charge in [-0.05, 0) is 34.5 Å². The summed E-state index contributed by atoms with van der Waals surface area (Å²) in [4.78, 5) is 6.82. The lowest BCUT2D eigenvalue weighted by molar-refractivity contribution is 0.727. The predicted molar refractivity (Wildman–Crippen MR) is 83.9 cm³/mol. The Balaban J connectivity index is 1.95. The van der Waals surface area contributed by atoms with Crippen LogP contribution in [0.4, 0.5) is 5.82 Å². The third-order valence-corrected chi connectivity index (χ3v) is 4.10. The van der Waals surface area contributed by atoms with E-state index in [0.29, 0.717) is 0 Å². The molecule has 102 valence electrons. The van der Waals surface area contributed by atoms with Gasteiger partial charge in [0.1, 0.15) is 5.82 Å². The van der Waals surface area contributed by atoms with Gasteiger partial charge in [-0.2, -0.15) is 5.10 Å². The molecule has 0 aliphatic carbocycles. The summed E-state index contributed by atoms with van der Waals surface area (Å²) in [5.41, 5.74) is 2.10. The maximum Gasteiger partial charge on any atom is 0.171 e. The molecule has 20 heavy (non-hydrogen) atoms. The monoisotopic (exact) mass is 330 g/mol. The lowest BCUT2D eigenvalue weighted by Crippen LogP contribution is -2.22. The molecular formula is C15H15BrN4. The lowest BCUT2D eigenvalue weighted by Gasteiger charge is -2.26. The van der Waals surface area contributed by atoms with E-state index in [2.05, 4.69) is 69.1 Å². The molecule has 0 spiro atoms. The number of rotatable bonds is 3. The summed E-state index contributed by atoms with van der Waals surface area (Å²) in [6.07, 6.45) is 3.68. The fraction of sp³-hybridized carbons (Fsp3) is 0.200. The molecule has 0 fully saturated rings. The average molecular weight is 331 g/mol. The van der Waals surface area contributed by atoms with Crippen LogP contribution in [-0.2, 0) is 0 Å². The minimum atomic E-state index is 0.257. The van der Waals surface area contributed by atoms with E-state index in [9.17, 15) is 0 Å². The van der Waals surface area contributed by atoms with Crippen LogP contribution < -0.4 is 4.90 Å². The molecule has 0 radical (unpaired) electrons. The van der Waals surface area contributed by atoms with Gasteiger partial charge >= 0.3 is 0 Å². The van der Waals surface area contributed by atoms with E-state index in [-0.39, 0.29) is 6.04 Å². The molecule has 3 rings (SSSR count). The zero-order valence-corrected chi connectivity index (χ0v) is 12.9. The SMILES string of the molecule is CC(c1ccccc1)N(C)c1ccn2ncc(Br)c2n1. The van der Waals surface area contributed by atoms with Gasteiger partial charge in [0.2, 0.25) is 0 Å². The third kappa shape index (κ3) is 2.29. The molecule has 1 atom stereocenters. The van der Waals surface area contributed by atoms with E-state index in [1.807, 2.05) is 18.3 Å². The van der Waals surface area contributed by atoms with Crippen molar-refractivity contribution in [3.63, 3.8) is 0 Å². The van der Waals surface area contributed by atoms with Gasteiger partial charge in [-0.25, -0.2) is 9.50 Å². The van der Waals surface area contributed by atoms with E-state index in [4.69, 9.17) is 0 Å². The molecule has 1 unspecified atom stereocenters. The molecule has 5 heteroatoms. The fourth-order valence-electron chi connectivity index (χ4n) is 2.18. The minimum Gasteiger partial charge on any atom is -0.353 e. The van der Waals surface area contributed by atoms with Gasteiger partial charge in [-0.15, -0.1) is 0 Å². The molecular weight excluding hydrogens is 316 g/mol. The van der Waals surface area contributed by atoms with Crippen molar-refractivity contribution in [1.82, 2.24) is 14.6 Å². The van der Waals surface area contributed by atoms with Crippen LogP contribution in [0.2, 0.25) is 0 Å². The minimum absolute atomic E-state index is 0.257. The second-order valence-electron chi connectivity index (χ2n) is 4.74. The Morgan fingerprint density at radius 1 is 1.20 bits per heavy atom. The topological polar surface area (TPSA) is 33.4 Å². The van der Waals surface area contributed by atoms with Crippen molar-refractivity contribution < 1.29 is 0 Å². The van der Waals surface area contributed by atoms with Crippen molar-refractivity contribution in [2.24, 2.45) is 0 Å². The first-order chi connectivity index (χ1) is 9.66. The number of nitrogens with zero attached hydrogens (tertiary/aromatic N) is 4. The first kappa shape index (κ1) is 13.1. The van der Waals surface area contributed by atoms with Crippen LogP contribution in [-0.4, -0.2) is 21.6 Å². The average Bonchev–Trinajstić information content (AvgIpc) is 2.87. The van der Waals surface area contributed by atoms with E-state index in [0.717, 1.165) is 15.9 Å². The molecule has 0 aliphatic heterocycles. The Morgan fingerprint density at radius 2 is 1.95 bits per heavy atom. The summed E-state index contributed by atoms with van der Waals surface area (Å²) in [6, 6.07) is 12.7. The molecule has 0 saturated heterocycles. The van der Waals surface area contributed by atoms with Crippen molar-refractivity contribution in [1.29, 1.82) is 0 Å². The molecule has 4 nitrogen and oxygen atoms in total. The predicted octanol–water partition coefficient (Wildman–Crippen LogP) is 3.69. The van der Waals surface area contributed by atoms with Crippen LogP contribution in [0.3, 0.4) is 0 Å². The number of halogens is 1. The smallest absolute Gasteiger partial charge is 0.171 e. The number of benzene rings is 1. The molecule has 0 amide bonds. The molecule has 0 saturated carbocycles. The van der Waals surface area contributed by atoms with Crippen molar-refractivity contribution in [3.05, 3.63) is 58.8 Å². The van der Waals surface area contributed by atoms with Gasteiger partial charge in [-0.3, -0.25) is 0 Å². The summed E-state index contributed by atoms with van der Waals surface area (Å²) in [7, 11) is 2.06. The molecule has 3 aromatic rings. The number of anilines is 1. The standard InChI is InChI=1S/C15H15BrN4/c1-11(12-6-4-3-5-7-12)19(2)14-8-9-20-15(18-14)13(16)10-17-20/h3-11H,1-2H3. The Kier molecular flexibility index (Phi) is 3.44. The van der Waals surface area contributed by atoms with Crippen LogP contribution in [0.15, 0.2) is 53.3 Å². The van der Waals surface area contributed by atoms with Crippen molar-refractivity contribution >= 4 is 27.4 Å². The Hall–Kier alpha value is -1.88. The summed E-state index contributed by atoms with van der Waals surface area (Å²) in [5, 5.41) is 4.21. The maximum atomic E-state index is 4.66. The number of fused-ring (bicyclic) bond motifs is 1. The van der Waals surface area contributed by atoms with E-state index in [1.54, 1.807) is 10.7 Å². The first-order valence-electron chi connectivity index (χ1n) is 6.44. The summed E-state index contributed by atoms with van der Waals surface area (Å²) in [5.74, 6) is 0.926. The number of hydrogen-bond donors (Lipinski definition) is 0. The van der Waals surface area contributed by atoms with Crippen molar-refractivity contribution in [2.75, 3.05) is 11.9 Å². The third-order valence-electron chi connectivity index (χ3n) is 3.54. The van der Waals surface area contributed by atoms with Crippen molar-refractivity contribution in [2.45, 2.75) is 13.0 Å². The van der Waals surface area contributed by atoms with Crippen LogP contribution in [0.1, 0.15) is 18.5 Å². The lowest BCUT2D eigenvalue weighted by atomic mass is 10.1. The normalized spacial score (nSPS) is 12.6. The van der Waals surface area contributed by atoms with E-state index >= 15 is 0 Å². The highest BCUT2D eigenvalue weighted by molar-refractivity contribution is 9.10. The van der Waals surface area contributed by atoms with Crippen LogP contribution in [0.25, 0.3) is 5.65 Å². The molecule has 0 bridgehead atoms. The number of hydrogen-bond acceptors (Lipinski definition) is 3. The van der Waals surface area contributed by atoms with Gasteiger partial charge in [0.25, 0.3) is 0 Å². The first-order valence-corrected chi connectivity index (χ1v) is 7.24. The van der Waals surface area contributed by atoms with Gasteiger partial charge in [0.15, 0.2) is 5.65 Å². The Bertz CT molecular complexity index is 723. The number of aromatic nitrogens is 3. The van der Waals surface area contributed by atoms with E-state index in [1.165, 1.54) is 5.56 Å². The highest BCUT2D eigenvalue weighted by atomic mass is 79.9. The summed E-state index contributed by atoms with van der Waals surface area (Å²) < 4.78 is 2.66. The maximum absolute atomic E-state index is 4.66. The van der Waals surface area contributed by atoms with Crippen LogP contribution in [0, 0.1) is 0 Å². The molecule has 0 N–H and O–H groups in total. The molecule has 2 heterocycles. The molecule has 2 aromatic heterocycles. The highest BCUT2D eigenvalue weighted by Crippen LogP contribution is 2.25. The van der Waals surface area contributed by atoms with Gasteiger partial charge in [0.05, 0.1) is 16.7 Å². The quantitative estimate of drug-likeness (QED) is 0.734. The van der Waals surface area contributed by atoms with Gasteiger partial charge in [0, 0.05) is 13.2 Å². The molecule has 1 aromatic carbocycles. The second kappa shape index (κ2) is 5.25. The Labute approximate surface area is 126 Å².